The molecule has 1 aliphatic rings. The number of benzene rings is 2. The Kier molecular flexibility index (Phi) is 7.11. The average Bonchev–Trinajstić information content (AvgIpc) is 2.73. The van der Waals surface area contributed by atoms with Crippen molar-refractivity contribution in [2.45, 2.75) is 25.9 Å². The fourth-order valence-electron chi connectivity index (χ4n) is 3.44. The molecule has 1 fully saturated rings. The lowest BCUT2D eigenvalue weighted by molar-refractivity contribution is -0.385. The van der Waals surface area contributed by atoms with Crippen LogP contribution in [0.3, 0.4) is 0 Å². The number of halogens is 3. The van der Waals surface area contributed by atoms with Gasteiger partial charge in [-0.15, -0.1) is 0 Å². The maximum Gasteiger partial charge on any atom is 0.387 e. The van der Waals surface area contributed by atoms with Crippen molar-refractivity contribution >= 4 is 34.6 Å². The molecule has 1 aliphatic heterocycles. The number of rotatable bonds is 7. The maximum absolute atomic E-state index is 13.0. The molecule has 0 bridgehead atoms. The first kappa shape index (κ1) is 22.5. The van der Waals surface area contributed by atoms with E-state index in [2.05, 4.69) is 15.0 Å². The molecule has 11 heteroatoms. The van der Waals surface area contributed by atoms with E-state index in [0.29, 0.717) is 10.7 Å². The summed E-state index contributed by atoms with van der Waals surface area (Å²) < 4.78 is 34.5. The van der Waals surface area contributed by atoms with E-state index in [1.54, 1.807) is 18.2 Å². The molecule has 2 aromatic carbocycles. The molecule has 166 valence electrons. The van der Waals surface area contributed by atoms with Crippen molar-refractivity contribution in [2.75, 3.05) is 30.4 Å². The van der Waals surface area contributed by atoms with Gasteiger partial charge in [-0.25, -0.2) is 0 Å². The number of ether oxygens (including phenoxy) is 2. The monoisotopic (exact) mass is 455 g/mol. The minimum atomic E-state index is -3.22. The topological polar surface area (TPSA) is 93.9 Å². The molecule has 2 aromatic rings. The quantitative estimate of drug-likeness (QED) is 0.461. The van der Waals surface area contributed by atoms with Crippen LogP contribution in [0.15, 0.2) is 30.3 Å². The molecule has 1 heterocycles. The highest BCUT2D eigenvalue weighted by Gasteiger charge is 2.27. The largest absolute Gasteiger partial charge is 0.493 e. The summed E-state index contributed by atoms with van der Waals surface area (Å²) >= 11 is 6.10. The second kappa shape index (κ2) is 9.78. The van der Waals surface area contributed by atoms with E-state index in [1.807, 2.05) is 0 Å². The number of methoxy groups -OCH3 is 1. The van der Waals surface area contributed by atoms with Crippen LogP contribution < -0.4 is 19.7 Å². The average molecular weight is 456 g/mol. The van der Waals surface area contributed by atoms with Crippen molar-refractivity contribution in [2.24, 2.45) is 0 Å². The van der Waals surface area contributed by atoms with E-state index >= 15 is 0 Å². The third kappa shape index (κ3) is 5.32. The summed E-state index contributed by atoms with van der Waals surface area (Å²) in [7, 11) is 1.17. The summed E-state index contributed by atoms with van der Waals surface area (Å²) in [5, 5.41) is 14.5. The molecule has 1 N–H and O–H groups in total. The normalized spacial score (nSPS) is 13.8. The summed E-state index contributed by atoms with van der Waals surface area (Å²) in [6, 6.07) is 6.77. The van der Waals surface area contributed by atoms with Gasteiger partial charge in [-0.1, -0.05) is 11.6 Å². The van der Waals surface area contributed by atoms with Gasteiger partial charge < -0.3 is 19.7 Å². The lowest BCUT2D eigenvalue weighted by Gasteiger charge is -2.30. The van der Waals surface area contributed by atoms with Gasteiger partial charge in [0.05, 0.1) is 29.5 Å². The summed E-state index contributed by atoms with van der Waals surface area (Å²) in [5.74, 6) is -1.59. The number of carbonyl (C=O) groups excluding carboxylic acids is 1. The molecule has 1 amide bonds. The Labute approximate surface area is 181 Å². The smallest absolute Gasteiger partial charge is 0.387 e. The van der Waals surface area contributed by atoms with E-state index in [9.17, 15) is 23.7 Å². The number of carbonyl (C=O) groups is 1. The Bertz CT molecular complexity index is 984. The SMILES string of the molecule is COc1cc(C(=O)Nc2cc(Cl)ccc2N2CCCCC2)c([N+](=O)[O-])cc1OC(F)F. The van der Waals surface area contributed by atoms with Crippen LogP contribution in [0.1, 0.15) is 29.6 Å². The van der Waals surface area contributed by atoms with Crippen molar-refractivity contribution in [3.63, 3.8) is 0 Å². The molecular weight excluding hydrogens is 436 g/mol. The lowest BCUT2D eigenvalue weighted by atomic mass is 10.1. The van der Waals surface area contributed by atoms with E-state index in [-0.39, 0.29) is 11.3 Å². The van der Waals surface area contributed by atoms with Crippen LogP contribution in [0.5, 0.6) is 11.5 Å². The highest BCUT2D eigenvalue weighted by Crippen LogP contribution is 2.37. The second-order valence-electron chi connectivity index (χ2n) is 6.82. The summed E-state index contributed by atoms with van der Waals surface area (Å²) in [4.78, 5) is 25.7. The van der Waals surface area contributed by atoms with Crippen LogP contribution in [-0.2, 0) is 0 Å². The van der Waals surface area contributed by atoms with Gasteiger partial charge in [0.1, 0.15) is 5.56 Å². The number of hydrogen-bond acceptors (Lipinski definition) is 6. The zero-order chi connectivity index (χ0) is 22.5. The van der Waals surface area contributed by atoms with Gasteiger partial charge in [-0.2, -0.15) is 8.78 Å². The van der Waals surface area contributed by atoms with Gasteiger partial charge >= 0.3 is 6.61 Å². The van der Waals surface area contributed by atoms with Crippen LogP contribution in [0.4, 0.5) is 25.8 Å². The van der Waals surface area contributed by atoms with Gasteiger partial charge in [0, 0.05) is 24.2 Å². The number of amides is 1. The van der Waals surface area contributed by atoms with Gasteiger partial charge in [0.2, 0.25) is 0 Å². The highest BCUT2D eigenvalue weighted by atomic mass is 35.5. The number of anilines is 2. The van der Waals surface area contributed by atoms with E-state index < -0.39 is 28.9 Å². The van der Waals surface area contributed by atoms with Crippen LogP contribution in [0, 0.1) is 10.1 Å². The molecule has 0 unspecified atom stereocenters. The molecule has 0 aromatic heterocycles. The number of hydrogen-bond donors (Lipinski definition) is 1. The molecule has 3 rings (SSSR count). The van der Waals surface area contributed by atoms with Gasteiger partial charge in [0.25, 0.3) is 11.6 Å². The number of piperidine rings is 1. The third-order valence-corrected chi connectivity index (χ3v) is 5.08. The van der Waals surface area contributed by atoms with Crippen LogP contribution in [0.2, 0.25) is 5.02 Å². The number of alkyl halides is 2. The Morgan fingerprint density at radius 1 is 1.19 bits per heavy atom. The first-order valence-corrected chi connectivity index (χ1v) is 9.85. The van der Waals surface area contributed by atoms with Gasteiger partial charge in [0.15, 0.2) is 11.5 Å². The Morgan fingerprint density at radius 2 is 1.90 bits per heavy atom. The molecule has 0 atom stereocenters. The molecule has 0 radical (unpaired) electrons. The summed E-state index contributed by atoms with van der Waals surface area (Å²) in [6.45, 7) is -1.61. The predicted molar refractivity (Wildman–Crippen MR) is 112 cm³/mol. The number of nitro benzene ring substituents is 1. The fourth-order valence-corrected chi connectivity index (χ4v) is 3.61. The van der Waals surface area contributed by atoms with Crippen LogP contribution in [-0.4, -0.2) is 37.6 Å². The Morgan fingerprint density at radius 3 is 2.52 bits per heavy atom. The molecule has 0 saturated carbocycles. The minimum Gasteiger partial charge on any atom is -0.493 e. The maximum atomic E-state index is 13.0. The minimum absolute atomic E-state index is 0.238. The van der Waals surface area contributed by atoms with Gasteiger partial charge in [-0.3, -0.25) is 14.9 Å². The first-order valence-electron chi connectivity index (χ1n) is 9.47. The number of nitrogens with zero attached hydrogens (tertiary/aromatic N) is 2. The standard InChI is InChI=1S/C20H20ClF2N3O5/c1-30-17-10-13(16(26(28)29)11-18(17)31-20(22)23)19(27)24-14-9-12(21)5-6-15(14)25-7-3-2-4-8-25/h5-6,9-11,20H,2-4,7-8H2,1H3,(H,24,27). The van der Waals surface area contributed by atoms with E-state index in [4.69, 9.17) is 16.3 Å². The van der Waals surface area contributed by atoms with Crippen molar-refractivity contribution in [1.29, 1.82) is 0 Å². The predicted octanol–water partition coefficient (Wildman–Crippen LogP) is 5.10. The first-order chi connectivity index (χ1) is 14.8. The van der Waals surface area contributed by atoms with Crippen molar-refractivity contribution < 1.29 is 28.0 Å². The Balaban J connectivity index is 1.98. The molecular formula is C20H20ClF2N3O5. The van der Waals surface area contributed by atoms with Gasteiger partial charge in [-0.05, 0) is 37.5 Å². The van der Waals surface area contributed by atoms with Crippen LogP contribution in [0.25, 0.3) is 0 Å². The third-order valence-electron chi connectivity index (χ3n) is 4.84. The van der Waals surface area contributed by atoms with Crippen molar-refractivity contribution in [3.8, 4) is 11.5 Å². The second-order valence-corrected chi connectivity index (χ2v) is 7.26. The Hall–Kier alpha value is -3.14. The van der Waals surface area contributed by atoms with Crippen molar-refractivity contribution in [1.82, 2.24) is 0 Å². The number of nitrogens with one attached hydrogen (secondary N) is 1. The molecule has 31 heavy (non-hydrogen) atoms. The zero-order valence-electron chi connectivity index (χ0n) is 16.6. The van der Waals surface area contributed by atoms with E-state index in [1.165, 1.54) is 7.11 Å². The van der Waals surface area contributed by atoms with Crippen LogP contribution >= 0.6 is 11.6 Å². The molecule has 1 saturated heterocycles. The summed E-state index contributed by atoms with van der Waals surface area (Å²) in [6.07, 6.45) is 3.12. The zero-order valence-corrected chi connectivity index (χ0v) is 17.3. The fraction of sp³-hybridized carbons (Fsp3) is 0.350. The van der Waals surface area contributed by atoms with E-state index in [0.717, 1.165) is 50.2 Å². The highest BCUT2D eigenvalue weighted by molar-refractivity contribution is 6.31. The lowest BCUT2D eigenvalue weighted by Crippen LogP contribution is -2.30. The molecule has 8 nitrogen and oxygen atoms in total. The molecule has 0 aliphatic carbocycles. The molecule has 0 spiro atoms. The summed E-state index contributed by atoms with van der Waals surface area (Å²) in [5.41, 5.74) is 0.0637. The number of nitro groups is 1. The van der Waals surface area contributed by atoms with Crippen molar-refractivity contribution in [3.05, 3.63) is 51.0 Å².